The van der Waals surface area contributed by atoms with Crippen LogP contribution in [0, 0.1) is 6.92 Å². The van der Waals surface area contributed by atoms with Crippen LogP contribution in [0.5, 0.6) is 0 Å². The standard InChI is InChI=1S/C14H16F3NO3/c1-9-2-3-10(14(15,16)17)8-11(9)13(21)4-6-18(7-5-13)12(19)20/h2-3,8,21H,4-7H2,1H3,(H,19,20). The van der Waals surface area contributed by atoms with Gasteiger partial charge in [-0.2, -0.15) is 13.2 Å². The lowest BCUT2D eigenvalue weighted by molar-refractivity contribution is -0.137. The predicted molar refractivity (Wildman–Crippen MR) is 68.9 cm³/mol. The maximum Gasteiger partial charge on any atom is 0.416 e. The van der Waals surface area contributed by atoms with Gasteiger partial charge in [0.05, 0.1) is 11.2 Å². The van der Waals surface area contributed by atoms with Crippen LogP contribution in [-0.4, -0.2) is 34.3 Å². The Kier molecular flexibility index (Phi) is 3.88. The minimum Gasteiger partial charge on any atom is -0.465 e. The summed E-state index contributed by atoms with van der Waals surface area (Å²) < 4.78 is 38.4. The number of halogens is 3. The lowest BCUT2D eigenvalue weighted by atomic mass is 9.81. The molecular formula is C14H16F3NO3. The first-order chi connectivity index (χ1) is 9.63. The van der Waals surface area contributed by atoms with Gasteiger partial charge in [0.25, 0.3) is 0 Å². The van der Waals surface area contributed by atoms with Crippen LogP contribution in [-0.2, 0) is 11.8 Å². The summed E-state index contributed by atoms with van der Waals surface area (Å²) in [4.78, 5) is 12.0. The molecule has 116 valence electrons. The van der Waals surface area contributed by atoms with Gasteiger partial charge in [-0.15, -0.1) is 0 Å². The first kappa shape index (κ1) is 15.6. The third kappa shape index (κ3) is 3.12. The van der Waals surface area contributed by atoms with Crippen molar-refractivity contribution in [1.82, 2.24) is 4.90 Å². The molecule has 1 amide bonds. The molecule has 1 heterocycles. The molecule has 0 spiro atoms. The maximum absolute atomic E-state index is 12.8. The van der Waals surface area contributed by atoms with E-state index in [1.165, 1.54) is 6.07 Å². The van der Waals surface area contributed by atoms with Gasteiger partial charge in [0.2, 0.25) is 0 Å². The molecule has 0 saturated carbocycles. The normalized spacial score (nSPS) is 18.6. The van der Waals surface area contributed by atoms with E-state index in [0.717, 1.165) is 17.0 Å². The van der Waals surface area contributed by atoms with E-state index in [0.29, 0.717) is 5.56 Å². The number of hydrogen-bond donors (Lipinski definition) is 2. The summed E-state index contributed by atoms with van der Waals surface area (Å²) in [7, 11) is 0. The molecule has 0 radical (unpaired) electrons. The summed E-state index contributed by atoms with van der Waals surface area (Å²) in [6.45, 7) is 1.83. The van der Waals surface area contributed by atoms with Gasteiger partial charge in [-0.3, -0.25) is 0 Å². The SMILES string of the molecule is Cc1ccc(C(F)(F)F)cc1C1(O)CCN(C(=O)O)CC1. The fourth-order valence-corrected chi connectivity index (χ4v) is 2.64. The Morgan fingerprint density at radius 3 is 2.33 bits per heavy atom. The Hall–Kier alpha value is -1.76. The monoisotopic (exact) mass is 303 g/mol. The molecule has 4 nitrogen and oxygen atoms in total. The molecule has 1 saturated heterocycles. The van der Waals surface area contributed by atoms with Crippen molar-refractivity contribution in [2.45, 2.75) is 31.5 Å². The van der Waals surface area contributed by atoms with Gasteiger partial charge in [0.1, 0.15) is 0 Å². The van der Waals surface area contributed by atoms with Gasteiger partial charge < -0.3 is 15.1 Å². The first-order valence-electron chi connectivity index (χ1n) is 6.52. The van der Waals surface area contributed by atoms with E-state index in [-0.39, 0.29) is 31.5 Å². The molecule has 7 heteroatoms. The number of alkyl halides is 3. The van der Waals surface area contributed by atoms with E-state index in [2.05, 4.69) is 0 Å². The number of benzene rings is 1. The Bertz CT molecular complexity index is 549. The lowest BCUT2D eigenvalue weighted by Crippen LogP contribution is -2.45. The molecule has 21 heavy (non-hydrogen) atoms. The number of amides is 1. The van der Waals surface area contributed by atoms with Gasteiger partial charge in [-0.1, -0.05) is 6.07 Å². The van der Waals surface area contributed by atoms with Crippen molar-refractivity contribution in [1.29, 1.82) is 0 Å². The van der Waals surface area contributed by atoms with Crippen LogP contribution in [0.25, 0.3) is 0 Å². The van der Waals surface area contributed by atoms with Crippen LogP contribution in [0.2, 0.25) is 0 Å². The number of rotatable bonds is 1. The van der Waals surface area contributed by atoms with Gasteiger partial charge in [-0.25, -0.2) is 4.79 Å². The second-order valence-corrected chi connectivity index (χ2v) is 5.33. The Morgan fingerprint density at radius 1 is 1.29 bits per heavy atom. The second kappa shape index (κ2) is 5.22. The largest absolute Gasteiger partial charge is 0.465 e. The molecule has 0 aliphatic carbocycles. The van der Waals surface area contributed by atoms with Crippen molar-refractivity contribution < 1.29 is 28.2 Å². The fraction of sp³-hybridized carbons (Fsp3) is 0.500. The van der Waals surface area contributed by atoms with Crippen molar-refractivity contribution in [3.8, 4) is 0 Å². The first-order valence-corrected chi connectivity index (χ1v) is 6.52. The molecule has 1 aliphatic heterocycles. The van der Waals surface area contributed by atoms with Crippen LogP contribution in [0.1, 0.15) is 29.5 Å². The second-order valence-electron chi connectivity index (χ2n) is 5.33. The van der Waals surface area contributed by atoms with Gasteiger partial charge >= 0.3 is 12.3 Å². The van der Waals surface area contributed by atoms with Crippen molar-refractivity contribution >= 4 is 6.09 Å². The van der Waals surface area contributed by atoms with Crippen molar-refractivity contribution in [2.24, 2.45) is 0 Å². The summed E-state index contributed by atoms with van der Waals surface area (Å²) in [5.41, 5.74) is -1.44. The van der Waals surface area contributed by atoms with E-state index in [4.69, 9.17) is 5.11 Å². The quantitative estimate of drug-likeness (QED) is 0.838. The van der Waals surface area contributed by atoms with Crippen LogP contribution >= 0.6 is 0 Å². The fourth-order valence-electron chi connectivity index (χ4n) is 2.64. The summed E-state index contributed by atoms with van der Waals surface area (Å²) in [6, 6.07) is 3.28. The molecule has 1 aromatic carbocycles. The Balaban J connectivity index is 2.31. The van der Waals surface area contributed by atoms with E-state index >= 15 is 0 Å². The van der Waals surface area contributed by atoms with Crippen molar-refractivity contribution in [2.75, 3.05) is 13.1 Å². The van der Waals surface area contributed by atoms with Gasteiger partial charge in [-0.05, 0) is 43.0 Å². The number of carboxylic acid groups (broad SMARTS) is 1. The zero-order valence-electron chi connectivity index (χ0n) is 11.4. The van der Waals surface area contributed by atoms with Crippen molar-refractivity contribution in [3.05, 3.63) is 34.9 Å². The number of carbonyl (C=O) groups is 1. The molecule has 1 aromatic rings. The average molecular weight is 303 g/mol. The lowest BCUT2D eigenvalue weighted by Gasteiger charge is -2.38. The molecule has 0 unspecified atom stereocenters. The zero-order chi connectivity index (χ0) is 15.8. The molecule has 0 aromatic heterocycles. The number of aliphatic hydroxyl groups is 1. The van der Waals surface area contributed by atoms with Gasteiger partial charge in [0, 0.05) is 13.1 Å². The molecule has 0 atom stereocenters. The van der Waals surface area contributed by atoms with E-state index < -0.39 is 23.4 Å². The topological polar surface area (TPSA) is 60.8 Å². The smallest absolute Gasteiger partial charge is 0.416 e. The Labute approximate surface area is 119 Å². The highest BCUT2D eigenvalue weighted by Gasteiger charge is 2.38. The zero-order valence-corrected chi connectivity index (χ0v) is 11.4. The predicted octanol–water partition coefficient (Wildman–Crippen LogP) is 2.98. The van der Waals surface area contributed by atoms with Crippen LogP contribution in [0.4, 0.5) is 18.0 Å². The molecule has 1 aliphatic rings. The number of nitrogens with zero attached hydrogens (tertiary/aromatic N) is 1. The molecule has 1 fully saturated rings. The average Bonchev–Trinajstić information content (AvgIpc) is 2.38. The highest BCUT2D eigenvalue weighted by Crippen LogP contribution is 2.38. The van der Waals surface area contributed by atoms with E-state index in [1.807, 2.05) is 0 Å². The number of likely N-dealkylation sites (tertiary alicyclic amines) is 1. The summed E-state index contributed by atoms with van der Waals surface area (Å²) in [5.74, 6) is 0. The molecule has 2 N–H and O–H groups in total. The summed E-state index contributed by atoms with van der Waals surface area (Å²) >= 11 is 0. The number of piperidine rings is 1. The van der Waals surface area contributed by atoms with Crippen LogP contribution in [0.15, 0.2) is 18.2 Å². The highest BCUT2D eigenvalue weighted by molar-refractivity contribution is 5.65. The molecular weight excluding hydrogens is 287 g/mol. The summed E-state index contributed by atoms with van der Waals surface area (Å²) in [6.07, 6.45) is -5.39. The van der Waals surface area contributed by atoms with E-state index in [9.17, 15) is 23.1 Å². The van der Waals surface area contributed by atoms with Crippen LogP contribution in [0.3, 0.4) is 0 Å². The highest BCUT2D eigenvalue weighted by atomic mass is 19.4. The molecule has 0 bridgehead atoms. The Morgan fingerprint density at radius 2 is 1.86 bits per heavy atom. The molecule has 2 rings (SSSR count). The van der Waals surface area contributed by atoms with Crippen molar-refractivity contribution in [3.63, 3.8) is 0 Å². The van der Waals surface area contributed by atoms with Crippen LogP contribution < -0.4 is 0 Å². The van der Waals surface area contributed by atoms with Gasteiger partial charge in [0.15, 0.2) is 0 Å². The minimum atomic E-state index is -4.47. The minimum absolute atomic E-state index is 0.0848. The number of hydrogen-bond acceptors (Lipinski definition) is 2. The third-order valence-corrected chi connectivity index (χ3v) is 3.93. The third-order valence-electron chi connectivity index (χ3n) is 3.93. The summed E-state index contributed by atoms with van der Waals surface area (Å²) in [5, 5.41) is 19.5. The number of aryl methyl sites for hydroxylation is 1. The van der Waals surface area contributed by atoms with E-state index in [1.54, 1.807) is 6.92 Å². The maximum atomic E-state index is 12.8.